The molecule has 2 rings (SSSR count). The van der Waals surface area contributed by atoms with Crippen LogP contribution in [0.2, 0.25) is 0 Å². The number of piperazine rings is 1. The smallest absolute Gasteiger partial charge is 0.142 e. The molecular formula is C15H23ClN2O. The number of benzene rings is 1. The quantitative estimate of drug-likeness (QED) is 0.609. The molecular weight excluding hydrogens is 260 g/mol. The molecule has 0 spiro atoms. The minimum absolute atomic E-state index is 0.171. The molecule has 0 saturated carbocycles. The summed E-state index contributed by atoms with van der Waals surface area (Å²) in [4.78, 5) is 4.74. The van der Waals surface area contributed by atoms with Crippen molar-refractivity contribution in [3.63, 3.8) is 0 Å². The maximum atomic E-state index is 6.30. The molecule has 0 aromatic heterocycles. The Labute approximate surface area is 121 Å². The molecule has 0 N–H and O–H groups in total. The van der Waals surface area contributed by atoms with Gasteiger partial charge in [0.2, 0.25) is 0 Å². The van der Waals surface area contributed by atoms with E-state index in [9.17, 15) is 0 Å². The van der Waals surface area contributed by atoms with Crippen molar-refractivity contribution in [2.45, 2.75) is 25.8 Å². The van der Waals surface area contributed by atoms with E-state index in [2.05, 4.69) is 28.9 Å². The highest BCUT2D eigenvalue weighted by Crippen LogP contribution is 2.29. The zero-order valence-corrected chi connectivity index (χ0v) is 12.6. The second-order valence-corrected chi connectivity index (χ2v) is 5.27. The van der Waals surface area contributed by atoms with Crippen molar-refractivity contribution in [2.24, 2.45) is 0 Å². The van der Waals surface area contributed by atoms with Gasteiger partial charge in [0.1, 0.15) is 5.75 Å². The molecule has 1 aliphatic rings. The van der Waals surface area contributed by atoms with E-state index in [0.29, 0.717) is 6.61 Å². The van der Waals surface area contributed by atoms with E-state index in [-0.39, 0.29) is 5.50 Å². The van der Waals surface area contributed by atoms with E-state index in [1.54, 1.807) is 0 Å². The molecule has 1 aliphatic heterocycles. The van der Waals surface area contributed by atoms with Gasteiger partial charge in [-0.3, -0.25) is 4.90 Å². The Morgan fingerprint density at radius 1 is 1.16 bits per heavy atom. The lowest BCUT2D eigenvalue weighted by atomic mass is 10.2. The Morgan fingerprint density at radius 3 is 2.47 bits per heavy atom. The van der Waals surface area contributed by atoms with Crippen molar-refractivity contribution in [3.05, 3.63) is 24.3 Å². The number of hydrogen-bond donors (Lipinski definition) is 0. The summed E-state index contributed by atoms with van der Waals surface area (Å²) in [5, 5.41) is 0. The minimum Gasteiger partial charge on any atom is -0.492 e. The first-order valence-corrected chi connectivity index (χ1v) is 7.54. The third kappa shape index (κ3) is 3.54. The molecule has 0 aliphatic carbocycles. The minimum atomic E-state index is 0.171. The summed E-state index contributed by atoms with van der Waals surface area (Å²) >= 11 is 6.30. The Morgan fingerprint density at radius 2 is 1.84 bits per heavy atom. The predicted octanol–water partition coefficient (Wildman–Crippen LogP) is 3.18. The molecule has 4 heteroatoms. The Balaban J connectivity index is 2.01. The molecule has 1 fully saturated rings. The molecule has 1 aromatic carbocycles. The van der Waals surface area contributed by atoms with Crippen LogP contribution in [0.15, 0.2) is 24.3 Å². The zero-order valence-electron chi connectivity index (χ0n) is 11.8. The first-order chi connectivity index (χ1) is 9.26. The molecule has 0 amide bonds. The molecule has 1 saturated heterocycles. The first-order valence-electron chi connectivity index (χ1n) is 7.11. The van der Waals surface area contributed by atoms with Crippen LogP contribution in [0.1, 0.15) is 20.3 Å². The highest BCUT2D eigenvalue weighted by molar-refractivity contribution is 6.20. The molecule has 3 nitrogen and oxygen atoms in total. The van der Waals surface area contributed by atoms with Gasteiger partial charge in [-0.2, -0.15) is 0 Å². The van der Waals surface area contributed by atoms with Crippen LogP contribution in [-0.4, -0.2) is 43.2 Å². The molecule has 1 atom stereocenters. The second-order valence-electron chi connectivity index (χ2n) is 4.77. The predicted molar refractivity (Wildman–Crippen MR) is 81.3 cm³/mol. The van der Waals surface area contributed by atoms with E-state index in [1.807, 2.05) is 19.1 Å². The van der Waals surface area contributed by atoms with Crippen LogP contribution >= 0.6 is 11.6 Å². The number of nitrogens with zero attached hydrogens (tertiary/aromatic N) is 2. The van der Waals surface area contributed by atoms with E-state index in [4.69, 9.17) is 16.3 Å². The number of hydrogen-bond acceptors (Lipinski definition) is 3. The normalized spacial score (nSPS) is 18.4. The van der Waals surface area contributed by atoms with Gasteiger partial charge in [0, 0.05) is 26.2 Å². The summed E-state index contributed by atoms with van der Waals surface area (Å²) < 4.78 is 5.70. The van der Waals surface area contributed by atoms with Gasteiger partial charge in [-0.25, -0.2) is 0 Å². The van der Waals surface area contributed by atoms with Crippen LogP contribution in [0, 0.1) is 0 Å². The molecule has 1 aromatic rings. The fourth-order valence-corrected chi connectivity index (χ4v) is 2.69. The summed E-state index contributed by atoms with van der Waals surface area (Å²) in [6.45, 7) is 8.91. The van der Waals surface area contributed by atoms with E-state index in [1.165, 1.54) is 5.69 Å². The fourth-order valence-electron chi connectivity index (χ4n) is 2.50. The van der Waals surface area contributed by atoms with Gasteiger partial charge in [0.15, 0.2) is 0 Å². The lowest BCUT2D eigenvalue weighted by molar-refractivity contribution is 0.232. The van der Waals surface area contributed by atoms with Gasteiger partial charge < -0.3 is 9.64 Å². The molecule has 0 bridgehead atoms. The van der Waals surface area contributed by atoms with Gasteiger partial charge in [-0.05, 0) is 25.5 Å². The summed E-state index contributed by atoms with van der Waals surface area (Å²) in [7, 11) is 0. The summed E-state index contributed by atoms with van der Waals surface area (Å²) in [5.41, 5.74) is 1.37. The zero-order chi connectivity index (χ0) is 13.7. The van der Waals surface area contributed by atoms with Gasteiger partial charge >= 0.3 is 0 Å². The standard InChI is InChI=1S/C15H23ClN2O/c1-3-15(16)18-11-9-17(10-12-18)13-7-5-6-8-14(13)19-4-2/h5-8,15H,3-4,9-12H2,1-2H3. The monoisotopic (exact) mass is 282 g/mol. The maximum Gasteiger partial charge on any atom is 0.142 e. The molecule has 19 heavy (non-hydrogen) atoms. The van der Waals surface area contributed by atoms with Crippen LogP contribution < -0.4 is 9.64 Å². The van der Waals surface area contributed by atoms with Gasteiger partial charge in [0.05, 0.1) is 17.8 Å². The third-order valence-corrected chi connectivity index (χ3v) is 4.14. The van der Waals surface area contributed by atoms with Gasteiger partial charge in [-0.15, -0.1) is 11.6 Å². The summed E-state index contributed by atoms with van der Waals surface area (Å²) in [6.07, 6.45) is 0.997. The number of ether oxygens (including phenoxy) is 1. The topological polar surface area (TPSA) is 15.7 Å². The summed E-state index contributed by atoms with van der Waals surface area (Å²) in [6, 6.07) is 8.28. The number of anilines is 1. The van der Waals surface area contributed by atoms with Crippen LogP contribution in [0.5, 0.6) is 5.75 Å². The van der Waals surface area contributed by atoms with Crippen molar-refractivity contribution in [3.8, 4) is 5.75 Å². The van der Waals surface area contributed by atoms with Crippen LogP contribution in [-0.2, 0) is 0 Å². The van der Waals surface area contributed by atoms with Crippen molar-refractivity contribution < 1.29 is 4.74 Å². The van der Waals surface area contributed by atoms with Crippen molar-refractivity contribution in [1.29, 1.82) is 0 Å². The van der Waals surface area contributed by atoms with Crippen molar-refractivity contribution >= 4 is 17.3 Å². The van der Waals surface area contributed by atoms with Crippen molar-refractivity contribution in [1.82, 2.24) is 4.90 Å². The van der Waals surface area contributed by atoms with Crippen LogP contribution in [0.25, 0.3) is 0 Å². The molecule has 0 radical (unpaired) electrons. The lowest BCUT2D eigenvalue weighted by Crippen LogP contribution is -2.49. The largest absolute Gasteiger partial charge is 0.492 e. The highest BCUT2D eigenvalue weighted by atomic mass is 35.5. The number of para-hydroxylation sites is 2. The van der Waals surface area contributed by atoms with Crippen molar-refractivity contribution in [2.75, 3.05) is 37.7 Å². The second kappa shape index (κ2) is 7.01. The maximum absolute atomic E-state index is 6.30. The summed E-state index contributed by atoms with van der Waals surface area (Å²) in [5.74, 6) is 0.983. The van der Waals surface area contributed by atoms with E-state index < -0.39 is 0 Å². The lowest BCUT2D eigenvalue weighted by Gasteiger charge is -2.38. The van der Waals surface area contributed by atoms with Crippen LogP contribution in [0.3, 0.4) is 0 Å². The Kier molecular flexibility index (Phi) is 5.34. The fraction of sp³-hybridized carbons (Fsp3) is 0.600. The Bertz CT molecular complexity index is 391. The molecule has 1 heterocycles. The van der Waals surface area contributed by atoms with E-state index >= 15 is 0 Å². The SMILES string of the molecule is CCOc1ccccc1N1CCN(C(Cl)CC)CC1. The average molecular weight is 283 g/mol. The average Bonchev–Trinajstić information content (AvgIpc) is 2.47. The third-order valence-electron chi connectivity index (χ3n) is 3.55. The number of rotatable bonds is 5. The molecule has 1 unspecified atom stereocenters. The molecule has 106 valence electrons. The van der Waals surface area contributed by atoms with Gasteiger partial charge in [-0.1, -0.05) is 19.1 Å². The Hall–Kier alpha value is -0.930. The number of halogens is 1. The highest BCUT2D eigenvalue weighted by Gasteiger charge is 2.22. The van der Waals surface area contributed by atoms with E-state index in [0.717, 1.165) is 38.3 Å². The van der Waals surface area contributed by atoms with Gasteiger partial charge in [0.25, 0.3) is 0 Å². The number of alkyl halides is 1. The van der Waals surface area contributed by atoms with Crippen LogP contribution in [0.4, 0.5) is 5.69 Å². The first kappa shape index (κ1) is 14.5.